The van der Waals surface area contributed by atoms with Crippen molar-refractivity contribution in [1.29, 1.82) is 0 Å². The molecule has 0 radical (unpaired) electrons. The Hall–Kier alpha value is -1.72. The van der Waals surface area contributed by atoms with Crippen LogP contribution in [0.5, 0.6) is 0 Å². The third-order valence-electron chi connectivity index (χ3n) is 8.79. The van der Waals surface area contributed by atoms with Gasteiger partial charge < -0.3 is 14.6 Å². The molecule has 1 unspecified atom stereocenters. The van der Waals surface area contributed by atoms with Crippen molar-refractivity contribution in [2.24, 2.45) is 11.8 Å². The molecule has 1 aromatic carbocycles. The van der Waals surface area contributed by atoms with Crippen LogP contribution in [-0.2, 0) is 16.1 Å². The lowest BCUT2D eigenvalue weighted by atomic mass is 9.86. The summed E-state index contributed by atoms with van der Waals surface area (Å²) in [6, 6.07) is 7.32. The van der Waals surface area contributed by atoms with Gasteiger partial charge in [0.05, 0.1) is 11.7 Å². The number of carbonyl (C=O) groups excluding carboxylic acids is 1. The predicted molar refractivity (Wildman–Crippen MR) is 155 cm³/mol. The average Bonchev–Trinajstić information content (AvgIpc) is 3.03. The molecule has 0 heterocycles. The molecule has 2 aliphatic rings. The Morgan fingerprint density at radius 3 is 2.03 bits per heavy atom. The van der Waals surface area contributed by atoms with E-state index in [0.29, 0.717) is 23.8 Å². The quantitative estimate of drug-likeness (QED) is 0.196. The van der Waals surface area contributed by atoms with Gasteiger partial charge in [-0.3, -0.25) is 4.90 Å². The van der Waals surface area contributed by atoms with Crippen molar-refractivity contribution < 1.29 is 19.4 Å². The molecule has 214 valence electrons. The molecule has 0 bridgehead atoms. The minimum absolute atomic E-state index is 0.241. The van der Waals surface area contributed by atoms with Crippen LogP contribution in [0.25, 0.3) is 0 Å². The van der Waals surface area contributed by atoms with Crippen LogP contribution in [0.15, 0.2) is 24.3 Å². The molecule has 2 saturated carbocycles. The third-order valence-corrected chi connectivity index (χ3v) is 8.79. The van der Waals surface area contributed by atoms with Gasteiger partial charge in [0.1, 0.15) is 6.29 Å². The number of unbranched alkanes of at least 4 members (excludes halogenated alkanes) is 2. The Morgan fingerprint density at radius 1 is 0.868 bits per heavy atom. The molecular formula is C33H53NO4. The number of carboxylic acid groups (broad SMARTS) is 1. The molecule has 38 heavy (non-hydrogen) atoms. The van der Waals surface area contributed by atoms with E-state index in [1.807, 2.05) is 12.1 Å². The van der Waals surface area contributed by atoms with Gasteiger partial charge in [-0.05, 0) is 74.6 Å². The largest absolute Gasteiger partial charge is 0.478 e. The van der Waals surface area contributed by atoms with Crippen LogP contribution in [0.3, 0.4) is 0 Å². The number of carbonyl (C=O) groups is 2. The number of rotatable bonds is 14. The van der Waals surface area contributed by atoms with Crippen LogP contribution in [0, 0.1) is 11.8 Å². The van der Waals surface area contributed by atoms with Crippen LogP contribution in [0.1, 0.15) is 131 Å². The summed E-state index contributed by atoms with van der Waals surface area (Å²) < 4.78 is 6.93. The third kappa shape index (κ3) is 12.0. The molecule has 1 atom stereocenters. The van der Waals surface area contributed by atoms with E-state index < -0.39 is 5.97 Å². The summed E-state index contributed by atoms with van der Waals surface area (Å²) in [5, 5.41) is 9.29. The summed E-state index contributed by atoms with van der Waals surface area (Å²) in [5.74, 6) is 0.414. The second kappa shape index (κ2) is 18.5. The Labute approximate surface area is 231 Å². The van der Waals surface area contributed by atoms with E-state index in [1.54, 1.807) is 12.1 Å². The van der Waals surface area contributed by atoms with Gasteiger partial charge in [-0.2, -0.15) is 0 Å². The van der Waals surface area contributed by atoms with Gasteiger partial charge in [-0.15, -0.1) is 0 Å². The molecule has 0 aliphatic heterocycles. The topological polar surface area (TPSA) is 66.8 Å². The monoisotopic (exact) mass is 527 g/mol. The molecule has 2 aliphatic carbocycles. The number of benzene rings is 1. The number of hydrogen-bond acceptors (Lipinski definition) is 4. The van der Waals surface area contributed by atoms with Gasteiger partial charge in [0.25, 0.3) is 0 Å². The first-order valence-corrected chi connectivity index (χ1v) is 15.8. The predicted octanol–water partition coefficient (Wildman–Crippen LogP) is 8.05. The van der Waals surface area contributed by atoms with Crippen molar-refractivity contribution in [3.8, 4) is 0 Å². The van der Waals surface area contributed by atoms with Gasteiger partial charge in [-0.1, -0.05) is 82.8 Å². The fraction of sp³-hybridized carbons (Fsp3) is 0.758. The molecule has 0 spiro atoms. The van der Waals surface area contributed by atoms with Gasteiger partial charge in [0.2, 0.25) is 0 Å². The number of aldehydes is 1. The zero-order valence-electron chi connectivity index (χ0n) is 23.8. The lowest BCUT2D eigenvalue weighted by Gasteiger charge is -2.35. The number of aromatic carboxylic acids is 1. The standard InChI is InChI=1S/C33H53NO4/c35-24-14-8-13-23-34(25-28-19-21-31(22-20-28)33(36)37)26-32(30-17-11-6-3-7-12-18-30)38-27-29-15-9-4-1-2-5-10-16-29/h19-22,24,29-30,32H,1-18,23,25-27H2,(H,36,37). The highest BCUT2D eigenvalue weighted by atomic mass is 16.5. The van der Waals surface area contributed by atoms with Crippen molar-refractivity contribution in [3.05, 3.63) is 35.4 Å². The number of hydrogen-bond donors (Lipinski definition) is 1. The van der Waals surface area contributed by atoms with E-state index >= 15 is 0 Å². The summed E-state index contributed by atoms with van der Waals surface area (Å²) in [6.07, 6.45) is 23.8. The molecule has 5 heteroatoms. The molecule has 0 amide bonds. The van der Waals surface area contributed by atoms with Crippen LogP contribution in [-0.4, -0.2) is 48.1 Å². The molecule has 2 fully saturated rings. The van der Waals surface area contributed by atoms with Crippen molar-refractivity contribution >= 4 is 12.3 Å². The molecule has 1 N–H and O–H groups in total. The molecular weight excluding hydrogens is 474 g/mol. The van der Waals surface area contributed by atoms with Crippen LogP contribution in [0.2, 0.25) is 0 Å². The van der Waals surface area contributed by atoms with E-state index in [4.69, 9.17) is 4.74 Å². The highest BCUT2D eigenvalue weighted by Gasteiger charge is 2.26. The Morgan fingerprint density at radius 2 is 1.45 bits per heavy atom. The van der Waals surface area contributed by atoms with Crippen molar-refractivity contribution in [2.45, 2.75) is 128 Å². The molecule has 0 saturated heterocycles. The van der Waals surface area contributed by atoms with E-state index in [9.17, 15) is 14.7 Å². The normalized spacial score (nSPS) is 19.6. The van der Waals surface area contributed by atoms with E-state index in [1.165, 1.54) is 96.3 Å². The highest BCUT2D eigenvalue weighted by Crippen LogP contribution is 2.29. The van der Waals surface area contributed by atoms with Crippen LogP contribution >= 0.6 is 0 Å². The number of nitrogens with zero attached hydrogens (tertiary/aromatic N) is 1. The fourth-order valence-electron chi connectivity index (χ4n) is 6.40. The summed E-state index contributed by atoms with van der Waals surface area (Å²) in [7, 11) is 0. The van der Waals surface area contributed by atoms with Crippen molar-refractivity contribution in [3.63, 3.8) is 0 Å². The summed E-state index contributed by atoms with van der Waals surface area (Å²) in [5.41, 5.74) is 1.47. The lowest BCUT2D eigenvalue weighted by molar-refractivity contribution is -0.108. The minimum Gasteiger partial charge on any atom is -0.478 e. The maximum Gasteiger partial charge on any atom is 0.335 e. The summed E-state index contributed by atoms with van der Waals surface area (Å²) in [6.45, 7) is 3.54. The van der Waals surface area contributed by atoms with Gasteiger partial charge in [-0.25, -0.2) is 4.79 Å². The maximum absolute atomic E-state index is 11.3. The minimum atomic E-state index is -0.884. The molecule has 0 aromatic heterocycles. The Balaban J connectivity index is 1.70. The lowest BCUT2D eigenvalue weighted by Crippen LogP contribution is -2.40. The van der Waals surface area contributed by atoms with Gasteiger partial charge >= 0.3 is 5.97 Å². The van der Waals surface area contributed by atoms with E-state index in [0.717, 1.165) is 50.9 Å². The Bertz CT molecular complexity index is 762. The van der Waals surface area contributed by atoms with E-state index in [-0.39, 0.29) is 6.10 Å². The molecule has 5 nitrogen and oxygen atoms in total. The summed E-state index contributed by atoms with van der Waals surface area (Å²) >= 11 is 0. The maximum atomic E-state index is 11.3. The zero-order valence-corrected chi connectivity index (χ0v) is 23.8. The average molecular weight is 528 g/mol. The first-order chi connectivity index (χ1) is 18.7. The Kier molecular flexibility index (Phi) is 15.0. The second-order valence-electron chi connectivity index (χ2n) is 11.9. The van der Waals surface area contributed by atoms with Crippen molar-refractivity contribution in [2.75, 3.05) is 19.7 Å². The van der Waals surface area contributed by atoms with Crippen molar-refractivity contribution in [1.82, 2.24) is 4.90 Å². The number of ether oxygens (including phenoxy) is 1. The zero-order chi connectivity index (χ0) is 26.8. The first-order valence-electron chi connectivity index (χ1n) is 15.8. The highest BCUT2D eigenvalue weighted by molar-refractivity contribution is 5.87. The summed E-state index contributed by atoms with van der Waals surface area (Å²) in [4.78, 5) is 24.7. The molecule has 1 aromatic rings. The van der Waals surface area contributed by atoms with Crippen LogP contribution < -0.4 is 0 Å². The SMILES string of the molecule is O=CCCCCN(Cc1ccc(C(=O)O)cc1)CC(OCC1CCCCCCCC1)C1CCCCCCC1. The second-order valence-corrected chi connectivity index (χ2v) is 11.9. The first kappa shape index (κ1) is 30.8. The smallest absolute Gasteiger partial charge is 0.335 e. The fourth-order valence-corrected chi connectivity index (χ4v) is 6.40. The number of carboxylic acids is 1. The molecule has 3 rings (SSSR count). The van der Waals surface area contributed by atoms with Gasteiger partial charge in [0.15, 0.2) is 0 Å². The van der Waals surface area contributed by atoms with Crippen LogP contribution in [0.4, 0.5) is 0 Å². The van der Waals surface area contributed by atoms with E-state index in [2.05, 4.69) is 4.90 Å². The van der Waals surface area contributed by atoms with Gasteiger partial charge in [0, 0.05) is 26.1 Å².